The molecule has 1 aromatic carbocycles. The second kappa shape index (κ2) is 5.44. The van der Waals surface area contributed by atoms with Crippen molar-refractivity contribution in [2.75, 3.05) is 25.0 Å². The third-order valence-corrected chi connectivity index (χ3v) is 4.33. The lowest BCUT2D eigenvalue weighted by atomic mass is 9.93. The zero-order chi connectivity index (χ0) is 14.0. The number of hydrogen-bond acceptors (Lipinski definition) is 3. The molecule has 0 spiro atoms. The molecule has 20 heavy (non-hydrogen) atoms. The number of anilines is 1. The minimum atomic E-state index is -0.171. The molecule has 0 radical (unpaired) electrons. The molecular formula is C16H22N2O2. The topological polar surface area (TPSA) is 50.4 Å². The SMILES string of the molecule is CC1(CNC(=O)C2CNc3ccccc3C2)CCCO1. The highest BCUT2D eigenvalue weighted by Gasteiger charge is 2.31. The van der Waals surface area contributed by atoms with Crippen molar-refractivity contribution in [1.82, 2.24) is 5.32 Å². The molecule has 2 unspecified atom stereocenters. The average Bonchev–Trinajstić information content (AvgIpc) is 2.91. The van der Waals surface area contributed by atoms with Gasteiger partial charge in [-0.15, -0.1) is 0 Å². The van der Waals surface area contributed by atoms with Crippen molar-refractivity contribution >= 4 is 11.6 Å². The standard InChI is InChI=1S/C16H22N2O2/c1-16(7-4-8-20-16)11-18-15(19)13-9-12-5-2-3-6-14(12)17-10-13/h2-3,5-6,13,17H,4,7-11H2,1H3,(H,18,19). The molecule has 2 aliphatic heterocycles. The van der Waals surface area contributed by atoms with E-state index in [2.05, 4.69) is 29.7 Å². The highest BCUT2D eigenvalue weighted by Crippen LogP contribution is 2.26. The Morgan fingerprint density at radius 2 is 2.35 bits per heavy atom. The first-order valence-electron chi connectivity index (χ1n) is 7.40. The lowest BCUT2D eigenvalue weighted by Crippen LogP contribution is -2.45. The highest BCUT2D eigenvalue weighted by molar-refractivity contribution is 5.80. The average molecular weight is 274 g/mol. The molecular weight excluding hydrogens is 252 g/mol. The van der Waals surface area contributed by atoms with E-state index in [0.717, 1.165) is 31.6 Å². The summed E-state index contributed by atoms with van der Waals surface area (Å²) >= 11 is 0. The minimum absolute atomic E-state index is 0.00917. The Kier molecular flexibility index (Phi) is 3.66. The molecule has 2 N–H and O–H groups in total. The fourth-order valence-electron chi connectivity index (χ4n) is 3.02. The molecule has 0 bridgehead atoms. The molecule has 1 fully saturated rings. The number of carbonyl (C=O) groups is 1. The van der Waals surface area contributed by atoms with Gasteiger partial charge in [-0.1, -0.05) is 18.2 Å². The van der Waals surface area contributed by atoms with Gasteiger partial charge >= 0.3 is 0 Å². The van der Waals surface area contributed by atoms with Crippen molar-refractivity contribution in [2.24, 2.45) is 5.92 Å². The summed E-state index contributed by atoms with van der Waals surface area (Å²) < 4.78 is 5.70. The van der Waals surface area contributed by atoms with Crippen molar-refractivity contribution in [3.8, 4) is 0 Å². The van der Waals surface area contributed by atoms with Crippen LogP contribution >= 0.6 is 0 Å². The summed E-state index contributed by atoms with van der Waals surface area (Å²) in [5, 5.41) is 6.40. The van der Waals surface area contributed by atoms with Crippen LogP contribution in [0.1, 0.15) is 25.3 Å². The zero-order valence-corrected chi connectivity index (χ0v) is 11.9. The minimum Gasteiger partial charge on any atom is -0.384 e. The summed E-state index contributed by atoms with van der Waals surface area (Å²) in [6.45, 7) is 4.21. The lowest BCUT2D eigenvalue weighted by molar-refractivity contribution is -0.125. The first-order valence-corrected chi connectivity index (χ1v) is 7.40. The lowest BCUT2D eigenvalue weighted by Gasteiger charge is -2.28. The van der Waals surface area contributed by atoms with E-state index >= 15 is 0 Å². The smallest absolute Gasteiger partial charge is 0.225 e. The molecule has 0 aliphatic carbocycles. The second-order valence-electron chi connectivity index (χ2n) is 6.06. The van der Waals surface area contributed by atoms with Gasteiger partial charge in [0.05, 0.1) is 11.5 Å². The predicted molar refractivity (Wildman–Crippen MR) is 78.7 cm³/mol. The van der Waals surface area contributed by atoms with E-state index in [9.17, 15) is 4.79 Å². The van der Waals surface area contributed by atoms with E-state index in [-0.39, 0.29) is 17.4 Å². The Morgan fingerprint density at radius 1 is 1.50 bits per heavy atom. The van der Waals surface area contributed by atoms with Crippen LogP contribution in [-0.2, 0) is 16.0 Å². The van der Waals surface area contributed by atoms with Crippen LogP contribution in [0.2, 0.25) is 0 Å². The Labute approximate surface area is 119 Å². The molecule has 2 atom stereocenters. The van der Waals surface area contributed by atoms with Gasteiger partial charge in [-0.05, 0) is 37.8 Å². The van der Waals surface area contributed by atoms with Crippen LogP contribution in [0.4, 0.5) is 5.69 Å². The number of benzene rings is 1. The van der Waals surface area contributed by atoms with E-state index in [1.165, 1.54) is 5.56 Å². The van der Waals surface area contributed by atoms with Gasteiger partial charge in [0.15, 0.2) is 0 Å². The Bertz CT molecular complexity index is 495. The van der Waals surface area contributed by atoms with Gasteiger partial charge in [-0.2, -0.15) is 0 Å². The van der Waals surface area contributed by atoms with E-state index in [1.807, 2.05) is 12.1 Å². The predicted octanol–water partition coefficient (Wildman–Crippen LogP) is 1.96. The fraction of sp³-hybridized carbons (Fsp3) is 0.562. The normalized spacial score (nSPS) is 28.6. The maximum absolute atomic E-state index is 12.3. The summed E-state index contributed by atoms with van der Waals surface area (Å²) in [5.41, 5.74) is 2.21. The molecule has 4 heteroatoms. The molecule has 4 nitrogen and oxygen atoms in total. The molecule has 0 aromatic heterocycles. The van der Waals surface area contributed by atoms with Crippen LogP contribution in [0.3, 0.4) is 0 Å². The van der Waals surface area contributed by atoms with Gasteiger partial charge in [0.1, 0.15) is 0 Å². The van der Waals surface area contributed by atoms with Crippen LogP contribution in [-0.4, -0.2) is 31.2 Å². The van der Waals surface area contributed by atoms with Crippen molar-refractivity contribution < 1.29 is 9.53 Å². The molecule has 1 saturated heterocycles. The molecule has 3 rings (SSSR count). The maximum Gasteiger partial charge on any atom is 0.225 e. The molecule has 1 aromatic rings. The number of fused-ring (bicyclic) bond motifs is 1. The van der Waals surface area contributed by atoms with Gasteiger partial charge in [0.2, 0.25) is 5.91 Å². The van der Waals surface area contributed by atoms with Crippen molar-refractivity contribution in [3.05, 3.63) is 29.8 Å². The summed E-state index contributed by atoms with van der Waals surface area (Å²) in [4.78, 5) is 12.3. The van der Waals surface area contributed by atoms with Crippen molar-refractivity contribution in [3.63, 3.8) is 0 Å². The maximum atomic E-state index is 12.3. The molecule has 2 aliphatic rings. The van der Waals surface area contributed by atoms with E-state index in [1.54, 1.807) is 0 Å². The molecule has 2 heterocycles. The summed E-state index contributed by atoms with van der Waals surface area (Å²) in [7, 11) is 0. The van der Waals surface area contributed by atoms with Gasteiger partial charge in [0, 0.05) is 25.4 Å². The van der Waals surface area contributed by atoms with E-state index < -0.39 is 0 Å². The Balaban J connectivity index is 1.56. The number of nitrogens with one attached hydrogen (secondary N) is 2. The van der Waals surface area contributed by atoms with E-state index in [0.29, 0.717) is 13.1 Å². The van der Waals surface area contributed by atoms with Gasteiger partial charge in [0.25, 0.3) is 0 Å². The van der Waals surface area contributed by atoms with Gasteiger partial charge in [-0.25, -0.2) is 0 Å². The van der Waals surface area contributed by atoms with Gasteiger partial charge in [-0.3, -0.25) is 4.79 Å². The zero-order valence-electron chi connectivity index (χ0n) is 11.9. The second-order valence-corrected chi connectivity index (χ2v) is 6.06. The number of ether oxygens (including phenoxy) is 1. The van der Waals surface area contributed by atoms with E-state index in [4.69, 9.17) is 4.74 Å². The first kappa shape index (κ1) is 13.4. The largest absolute Gasteiger partial charge is 0.384 e. The van der Waals surface area contributed by atoms with Crippen LogP contribution in [0.15, 0.2) is 24.3 Å². The summed E-state index contributed by atoms with van der Waals surface area (Å²) in [6.07, 6.45) is 2.93. The quantitative estimate of drug-likeness (QED) is 0.886. The number of rotatable bonds is 3. The number of hydrogen-bond donors (Lipinski definition) is 2. The molecule has 0 saturated carbocycles. The summed E-state index contributed by atoms with van der Waals surface area (Å²) in [6, 6.07) is 8.19. The van der Waals surface area contributed by atoms with Crippen LogP contribution in [0, 0.1) is 5.92 Å². The number of amides is 1. The fourth-order valence-corrected chi connectivity index (χ4v) is 3.02. The van der Waals surface area contributed by atoms with Crippen LogP contribution in [0.5, 0.6) is 0 Å². The van der Waals surface area contributed by atoms with Gasteiger partial charge < -0.3 is 15.4 Å². The Morgan fingerprint density at radius 3 is 3.15 bits per heavy atom. The van der Waals surface area contributed by atoms with Crippen LogP contribution < -0.4 is 10.6 Å². The third kappa shape index (κ3) is 2.80. The first-order chi connectivity index (χ1) is 9.66. The summed E-state index contributed by atoms with van der Waals surface area (Å²) in [5.74, 6) is 0.138. The number of para-hydroxylation sites is 1. The van der Waals surface area contributed by atoms with Crippen molar-refractivity contribution in [1.29, 1.82) is 0 Å². The molecule has 1 amide bonds. The monoisotopic (exact) mass is 274 g/mol. The number of carbonyl (C=O) groups excluding carboxylic acids is 1. The molecule has 108 valence electrons. The Hall–Kier alpha value is -1.55. The highest BCUT2D eigenvalue weighted by atomic mass is 16.5. The van der Waals surface area contributed by atoms with Crippen molar-refractivity contribution in [2.45, 2.75) is 31.8 Å². The van der Waals surface area contributed by atoms with Crippen LogP contribution in [0.25, 0.3) is 0 Å². The third-order valence-electron chi connectivity index (χ3n) is 4.33.